The van der Waals surface area contributed by atoms with Gasteiger partial charge in [-0.25, -0.2) is 0 Å². The minimum Gasteiger partial charge on any atom is -0.324 e. The maximum Gasteiger partial charge on any atom is 0.283 e. The van der Waals surface area contributed by atoms with Crippen LogP contribution in [0.25, 0.3) is 0 Å². The lowest BCUT2D eigenvalue weighted by Gasteiger charge is -2.12. The number of rotatable bonds is 2. The van der Waals surface area contributed by atoms with Crippen LogP contribution >= 0.6 is 11.6 Å². The average molecular weight is 214 g/mol. The Bertz CT molecular complexity index is 288. The zero-order valence-corrected chi connectivity index (χ0v) is 7.68. The van der Waals surface area contributed by atoms with Crippen LogP contribution in [-0.2, 0) is 14.9 Å². The van der Waals surface area contributed by atoms with Crippen LogP contribution in [0, 0.1) is 0 Å². The monoisotopic (exact) mass is 213 g/mol. The number of nitrogens with zero attached hydrogens (tertiary/aromatic N) is 1. The van der Waals surface area contributed by atoms with Crippen molar-refractivity contribution in [1.82, 2.24) is 4.90 Å². The number of carbonyl (C=O) groups is 1. The largest absolute Gasteiger partial charge is 0.324 e. The summed E-state index contributed by atoms with van der Waals surface area (Å²) in [5.41, 5.74) is 0. The fourth-order valence-electron chi connectivity index (χ4n) is 1.05. The summed E-state index contributed by atoms with van der Waals surface area (Å²) in [4.78, 5) is 11.9. The van der Waals surface area contributed by atoms with E-state index in [9.17, 15) is 13.2 Å². The minimum atomic E-state index is -4.12. The molecule has 1 heterocycles. The third kappa shape index (κ3) is 2.62. The summed E-state index contributed by atoms with van der Waals surface area (Å²) in [7, 11) is -4.12. The van der Waals surface area contributed by atoms with Crippen molar-refractivity contribution in [3.05, 3.63) is 0 Å². The Balaban J connectivity index is 2.61. The molecule has 1 saturated heterocycles. The normalized spacial score (nSPS) is 25.0. The Morgan fingerprint density at radius 1 is 1.67 bits per heavy atom. The Labute approximate surface area is 75.0 Å². The number of alkyl halides is 1. The molecule has 1 amide bonds. The highest BCUT2D eigenvalue weighted by Gasteiger charge is 2.30. The lowest BCUT2D eigenvalue weighted by Crippen LogP contribution is -2.31. The van der Waals surface area contributed by atoms with Crippen LogP contribution in [0.4, 0.5) is 0 Å². The van der Waals surface area contributed by atoms with Crippen molar-refractivity contribution in [2.24, 2.45) is 0 Å². The van der Waals surface area contributed by atoms with Gasteiger partial charge in [0.2, 0.25) is 5.91 Å². The Kier molecular flexibility index (Phi) is 2.60. The molecule has 0 saturated carbocycles. The Morgan fingerprint density at radius 3 is 2.58 bits per heavy atom. The van der Waals surface area contributed by atoms with Gasteiger partial charge in [0.05, 0.1) is 5.38 Å². The minimum absolute atomic E-state index is 0.136. The highest BCUT2D eigenvalue weighted by molar-refractivity contribution is 7.85. The fraction of sp³-hybridized carbons (Fsp3) is 0.800. The maximum atomic E-state index is 10.9. The third-order valence-electron chi connectivity index (χ3n) is 1.49. The number of halogens is 1. The fourth-order valence-corrected chi connectivity index (χ4v) is 1.99. The molecule has 1 aliphatic heterocycles. The molecule has 0 aliphatic carbocycles. The molecule has 0 bridgehead atoms. The lowest BCUT2D eigenvalue weighted by molar-refractivity contribution is -0.126. The van der Waals surface area contributed by atoms with E-state index in [2.05, 4.69) is 0 Å². The maximum absolute atomic E-state index is 10.9. The summed E-state index contributed by atoms with van der Waals surface area (Å²) < 4.78 is 29.1. The first-order valence-electron chi connectivity index (χ1n) is 3.25. The molecule has 12 heavy (non-hydrogen) atoms. The van der Waals surface area contributed by atoms with Gasteiger partial charge in [0, 0.05) is 13.0 Å². The molecular formula is C5H8ClNO4S. The van der Waals surface area contributed by atoms with Gasteiger partial charge in [-0.3, -0.25) is 9.35 Å². The van der Waals surface area contributed by atoms with Gasteiger partial charge in [0.1, 0.15) is 5.88 Å². The number of hydrogen-bond acceptors (Lipinski definition) is 3. The first-order valence-corrected chi connectivity index (χ1v) is 5.30. The second-order valence-electron chi connectivity index (χ2n) is 2.63. The second kappa shape index (κ2) is 3.20. The number of carbonyl (C=O) groups excluding carboxylic acids is 1. The lowest BCUT2D eigenvalue weighted by atomic mass is 10.4. The smallest absolute Gasteiger partial charge is 0.283 e. The zero-order valence-electron chi connectivity index (χ0n) is 6.10. The highest BCUT2D eigenvalue weighted by atomic mass is 35.5. The number of likely N-dealkylation sites (tertiary alicyclic amines) is 1. The molecule has 1 N–H and O–H groups in total. The number of hydrogen-bond donors (Lipinski definition) is 1. The first kappa shape index (κ1) is 9.76. The summed E-state index contributed by atoms with van der Waals surface area (Å²) in [6.45, 7) is 0.181. The summed E-state index contributed by atoms with van der Waals surface area (Å²) in [6.07, 6.45) is 0.136. The quantitative estimate of drug-likeness (QED) is 0.504. The number of amides is 1. The summed E-state index contributed by atoms with van der Waals surface area (Å²) in [6, 6.07) is 0. The molecule has 1 unspecified atom stereocenters. The van der Waals surface area contributed by atoms with Crippen LogP contribution in [0.15, 0.2) is 0 Å². The standard InChI is InChI=1S/C5H8ClNO4S/c6-4-1-5(8)7(2-4)3-12(9,10)11/h4H,1-3H2,(H,9,10,11). The van der Waals surface area contributed by atoms with Crippen LogP contribution in [0.1, 0.15) is 6.42 Å². The molecule has 1 aliphatic rings. The molecule has 0 aromatic carbocycles. The van der Waals surface area contributed by atoms with Crippen LogP contribution in [0.5, 0.6) is 0 Å². The van der Waals surface area contributed by atoms with E-state index < -0.39 is 16.0 Å². The van der Waals surface area contributed by atoms with Crippen molar-refractivity contribution in [1.29, 1.82) is 0 Å². The van der Waals surface area contributed by atoms with Gasteiger partial charge >= 0.3 is 0 Å². The van der Waals surface area contributed by atoms with Crippen molar-refractivity contribution in [2.75, 3.05) is 12.4 Å². The van der Waals surface area contributed by atoms with Gasteiger partial charge in [0.15, 0.2) is 0 Å². The van der Waals surface area contributed by atoms with E-state index >= 15 is 0 Å². The van der Waals surface area contributed by atoms with E-state index in [-0.39, 0.29) is 24.2 Å². The predicted molar refractivity (Wildman–Crippen MR) is 42.4 cm³/mol. The van der Waals surface area contributed by atoms with Gasteiger partial charge in [-0.15, -0.1) is 11.6 Å². The third-order valence-corrected chi connectivity index (χ3v) is 2.42. The van der Waals surface area contributed by atoms with Crippen molar-refractivity contribution in [3.63, 3.8) is 0 Å². The van der Waals surface area contributed by atoms with E-state index in [1.165, 1.54) is 0 Å². The topological polar surface area (TPSA) is 74.7 Å². The van der Waals surface area contributed by atoms with E-state index in [1.807, 2.05) is 0 Å². The van der Waals surface area contributed by atoms with Crippen molar-refractivity contribution < 1.29 is 17.8 Å². The SMILES string of the molecule is O=C1CC(Cl)CN1CS(=O)(=O)O. The molecule has 70 valence electrons. The second-order valence-corrected chi connectivity index (χ2v) is 4.67. The summed E-state index contributed by atoms with van der Waals surface area (Å²) in [5, 5.41) is -0.348. The van der Waals surface area contributed by atoms with Crippen LogP contribution < -0.4 is 0 Å². The molecule has 5 nitrogen and oxygen atoms in total. The van der Waals surface area contributed by atoms with E-state index in [4.69, 9.17) is 16.2 Å². The average Bonchev–Trinajstić information content (AvgIpc) is 2.06. The predicted octanol–water partition coefficient (Wildman–Crippen LogP) is -0.329. The van der Waals surface area contributed by atoms with Gasteiger partial charge in [0.25, 0.3) is 10.1 Å². The Morgan fingerprint density at radius 2 is 2.25 bits per heavy atom. The van der Waals surface area contributed by atoms with Crippen molar-refractivity contribution in [2.45, 2.75) is 11.8 Å². The van der Waals surface area contributed by atoms with Crippen molar-refractivity contribution >= 4 is 27.6 Å². The van der Waals surface area contributed by atoms with Crippen LogP contribution in [-0.4, -0.2) is 41.6 Å². The van der Waals surface area contributed by atoms with Gasteiger partial charge in [-0.05, 0) is 0 Å². The molecule has 0 aromatic heterocycles. The van der Waals surface area contributed by atoms with Gasteiger partial charge in [-0.1, -0.05) is 0 Å². The molecule has 0 spiro atoms. The van der Waals surface area contributed by atoms with E-state index in [0.717, 1.165) is 4.90 Å². The first-order chi connectivity index (χ1) is 5.38. The molecule has 7 heteroatoms. The molecule has 1 atom stereocenters. The van der Waals surface area contributed by atoms with Crippen LogP contribution in [0.2, 0.25) is 0 Å². The van der Waals surface area contributed by atoms with E-state index in [1.54, 1.807) is 0 Å². The van der Waals surface area contributed by atoms with Gasteiger partial charge < -0.3 is 4.90 Å². The van der Waals surface area contributed by atoms with Crippen LogP contribution in [0.3, 0.4) is 0 Å². The van der Waals surface area contributed by atoms with E-state index in [0.29, 0.717) is 0 Å². The van der Waals surface area contributed by atoms with Crippen molar-refractivity contribution in [3.8, 4) is 0 Å². The zero-order chi connectivity index (χ0) is 9.35. The molecule has 0 aromatic rings. The summed E-state index contributed by atoms with van der Waals surface area (Å²) in [5.74, 6) is -0.998. The summed E-state index contributed by atoms with van der Waals surface area (Å²) >= 11 is 5.59. The Hall–Kier alpha value is -0.330. The molecule has 1 fully saturated rings. The van der Waals surface area contributed by atoms with Gasteiger partial charge in [-0.2, -0.15) is 8.42 Å². The molecular weight excluding hydrogens is 206 g/mol. The molecule has 0 radical (unpaired) electrons. The highest BCUT2D eigenvalue weighted by Crippen LogP contribution is 2.16. The molecule has 1 rings (SSSR count).